The minimum absolute atomic E-state index is 0.0434. The SMILES string of the molecule is Cc1cc(Cl)ccc1C(=O)[C@H]1CCCN(Cc2cccn2-c2nccs2)C1. The largest absolute Gasteiger partial charge is 0.297 e. The Morgan fingerprint density at radius 2 is 2.26 bits per heavy atom. The van der Waals surface area contributed by atoms with E-state index in [0.29, 0.717) is 5.02 Å². The highest BCUT2D eigenvalue weighted by Gasteiger charge is 2.28. The number of thiazole rings is 1. The molecule has 1 fully saturated rings. The second-order valence-electron chi connectivity index (χ2n) is 7.08. The number of piperidine rings is 1. The molecule has 0 spiro atoms. The van der Waals surface area contributed by atoms with Gasteiger partial charge in [-0.25, -0.2) is 4.98 Å². The molecule has 1 atom stereocenters. The lowest BCUT2D eigenvalue weighted by Crippen LogP contribution is -2.38. The van der Waals surface area contributed by atoms with E-state index >= 15 is 0 Å². The summed E-state index contributed by atoms with van der Waals surface area (Å²) in [5.41, 5.74) is 2.97. The zero-order valence-electron chi connectivity index (χ0n) is 15.3. The highest BCUT2D eigenvalue weighted by atomic mass is 35.5. The first-order valence-electron chi connectivity index (χ1n) is 9.20. The molecule has 0 bridgehead atoms. The number of ketones is 1. The van der Waals surface area contributed by atoms with E-state index in [1.54, 1.807) is 11.3 Å². The number of rotatable bonds is 5. The Kier molecular flexibility index (Phi) is 5.43. The van der Waals surface area contributed by atoms with Gasteiger partial charge in [-0.3, -0.25) is 14.3 Å². The Morgan fingerprint density at radius 1 is 1.37 bits per heavy atom. The molecule has 27 heavy (non-hydrogen) atoms. The van der Waals surface area contributed by atoms with Crippen LogP contribution in [0.25, 0.3) is 5.13 Å². The van der Waals surface area contributed by atoms with Gasteiger partial charge in [0.05, 0.1) is 0 Å². The average Bonchev–Trinajstić information content (AvgIpc) is 3.33. The number of nitrogens with zero attached hydrogens (tertiary/aromatic N) is 3. The van der Waals surface area contributed by atoms with Crippen LogP contribution >= 0.6 is 22.9 Å². The Morgan fingerprint density at radius 3 is 3.04 bits per heavy atom. The van der Waals surface area contributed by atoms with E-state index in [2.05, 4.69) is 32.8 Å². The smallest absolute Gasteiger partial charge is 0.193 e. The molecular weight excluding hydrogens is 378 g/mol. The van der Waals surface area contributed by atoms with E-state index in [1.807, 2.05) is 36.7 Å². The lowest BCUT2D eigenvalue weighted by Gasteiger charge is -2.32. The normalized spacial score (nSPS) is 17.9. The molecule has 3 aromatic rings. The number of carbonyl (C=O) groups is 1. The molecule has 3 heterocycles. The number of carbonyl (C=O) groups excluding carboxylic acids is 1. The lowest BCUT2D eigenvalue weighted by molar-refractivity contribution is 0.0809. The summed E-state index contributed by atoms with van der Waals surface area (Å²) in [4.78, 5) is 19.8. The number of hydrogen-bond acceptors (Lipinski definition) is 4. The molecule has 4 rings (SSSR count). The Bertz CT molecular complexity index is 935. The van der Waals surface area contributed by atoms with Gasteiger partial charge in [0.1, 0.15) is 0 Å². The van der Waals surface area contributed by atoms with Crippen molar-refractivity contribution in [3.8, 4) is 5.13 Å². The molecular formula is C21H22ClN3OS. The van der Waals surface area contributed by atoms with Gasteiger partial charge in [0.25, 0.3) is 0 Å². The van der Waals surface area contributed by atoms with Gasteiger partial charge in [-0.2, -0.15) is 0 Å². The minimum atomic E-state index is 0.0434. The second-order valence-corrected chi connectivity index (χ2v) is 8.39. The van der Waals surface area contributed by atoms with Crippen molar-refractivity contribution in [2.75, 3.05) is 13.1 Å². The fourth-order valence-electron chi connectivity index (χ4n) is 3.83. The van der Waals surface area contributed by atoms with Crippen molar-refractivity contribution in [3.05, 3.63) is 69.9 Å². The second kappa shape index (κ2) is 7.97. The maximum atomic E-state index is 13.1. The number of benzene rings is 1. The van der Waals surface area contributed by atoms with Gasteiger partial charge in [-0.1, -0.05) is 11.6 Å². The molecule has 0 N–H and O–H groups in total. The zero-order chi connectivity index (χ0) is 18.8. The van der Waals surface area contributed by atoms with Crippen molar-refractivity contribution in [2.45, 2.75) is 26.3 Å². The molecule has 1 saturated heterocycles. The van der Waals surface area contributed by atoms with Gasteiger partial charge in [-0.05, 0) is 62.2 Å². The van der Waals surface area contributed by atoms with Crippen LogP contribution in [0.5, 0.6) is 0 Å². The van der Waals surface area contributed by atoms with Crippen LogP contribution in [0.4, 0.5) is 0 Å². The molecule has 4 nitrogen and oxygen atoms in total. The summed E-state index contributed by atoms with van der Waals surface area (Å²) in [6.07, 6.45) is 5.87. The van der Waals surface area contributed by atoms with Crippen molar-refractivity contribution in [3.63, 3.8) is 0 Å². The van der Waals surface area contributed by atoms with Crippen molar-refractivity contribution in [1.29, 1.82) is 0 Å². The zero-order valence-corrected chi connectivity index (χ0v) is 16.8. The Hall–Kier alpha value is -1.95. The predicted molar refractivity (Wildman–Crippen MR) is 110 cm³/mol. The van der Waals surface area contributed by atoms with Crippen LogP contribution in [0.1, 0.15) is 34.5 Å². The minimum Gasteiger partial charge on any atom is -0.297 e. The summed E-state index contributed by atoms with van der Waals surface area (Å²) in [7, 11) is 0. The van der Waals surface area contributed by atoms with Crippen LogP contribution in [0.3, 0.4) is 0 Å². The number of Topliss-reactive ketones (excluding diaryl/α,β-unsaturated/α-hetero) is 1. The van der Waals surface area contributed by atoms with Crippen LogP contribution in [0.2, 0.25) is 5.02 Å². The molecule has 0 aliphatic carbocycles. The summed E-state index contributed by atoms with van der Waals surface area (Å²) in [6.45, 7) is 4.60. The third-order valence-electron chi connectivity index (χ3n) is 5.17. The van der Waals surface area contributed by atoms with E-state index in [9.17, 15) is 4.79 Å². The molecule has 6 heteroatoms. The lowest BCUT2D eigenvalue weighted by atomic mass is 9.88. The van der Waals surface area contributed by atoms with Crippen LogP contribution in [-0.2, 0) is 6.54 Å². The summed E-state index contributed by atoms with van der Waals surface area (Å²) < 4.78 is 2.14. The summed E-state index contributed by atoms with van der Waals surface area (Å²) in [6, 6.07) is 9.74. The molecule has 1 aromatic carbocycles. The highest BCUT2D eigenvalue weighted by molar-refractivity contribution is 7.12. The number of aromatic nitrogens is 2. The van der Waals surface area contributed by atoms with Crippen LogP contribution in [0.15, 0.2) is 48.1 Å². The van der Waals surface area contributed by atoms with E-state index in [4.69, 9.17) is 11.6 Å². The Labute approximate surface area is 168 Å². The number of halogens is 1. The van der Waals surface area contributed by atoms with Crippen LogP contribution in [-0.4, -0.2) is 33.3 Å². The van der Waals surface area contributed by atoms with Gasteiger partial charge in [0.2, 0.25) is 0 Å². The van der Waals surface area contributed by atoms with Crippen molar-refractivity contribution in [1.82, 2.24) is 14.5 Å². The van der Waals surface area contributed by atoms with E-state index < -0.39 is 0 Å². The number of hydrogen-bond donors (Lipinski definition) is 0. The van der Waals surface area contributed by atoms with Gasteiger partial charge in [0.15, 0.2) is 10.9 Å². The van der Waals surface area contributed by atoms with Crippen molar-refractivity contribution in [2.24, 2.45) is 5.92 Å². The molecule has 140 valence electrons. The number of aryl methyl sites for hydroxylation is 1. The fourth-order valence-corrected chi connectivity index (χ4v) is 4.72. The maximum absolute atomic E-state index is 13.1. The Balaban J connectivity index is 1.47. The van der Waals surface area contributed by atoms with E-state index in [0.717, 1.165) is 48.7 Å². The number of likely N-dealkylation sites (tertiary alicyclic amines) is 1. The monoisotopic (exact) mass is 399 g/mol. The van der Waals surface area contributed by atoms with Gasteiger partial charge >= 0.3 is 0 Å². The van der Waals surface area contributed by atoms with E-state index in [-0.39, 0.29) is 11.7 Å². The standard InChI is InChI=1S/C21H22ClN3OS/c1-15-12-17(22)6-7-19(15)20(26)16-4-2-9-24(13-16)14-18-5-3-10-25(18)21-23-8-11-27-21/h3,5-8,10-12,16H,2,4,9,13-14H2,1H3/t16-/m0/s1. The van der Waals surface area contributed by atoms with Gasteiger partial charge in [-0.15, -0.1) is 11.3 Å². The average molecular weight is 400 g/mol. The molecule has 0 amide bonds. The third-order valence-corrected chi connectivity index (χ3v) is 6.18. The molecule has 0 unspecified atom stereocenters. The van der Waals surface area contributed by atoms with Crippen LogP contribution in [0, 0.1) is 12.8 Å². The maximum Gasteiger partial charge on any atom is 0.193 e. The molecule has 1 aliphatic heterocycles. The van der Waals surface area contributed by atoms with Gasteiger partial charge < -0.3 is 0 Å². The fraction of sp³-hybridized carbons (Fsp3) is 0.333. The predicted octanol–water partition coefficient (Wildman–Crippen LogP) is 4.99. The molecule has 2 aromatic heterocycles. The first-order valence-corrected chi connectivity index (χ1v) is 10.5. The van der Waals surface area contributed by atoms with Crippen molar-refractivity contribution >= 4 is 28.7 Å². The summed E-state index contributed by atoms with van der Waals surface area (Å²) in [5.74, 6) is 0.283. The first-order chi connectivity index (χ1) is 13.1. The summed E-state index contributed by atoms with van der Waals surface area (Å²) in [5, 5.41) is 3.65. The highest BCUT2D eigenvalue weighted by Crippen LogP contribution is 2.26. The molecule has 1 aliphatic rings. The van der Waals surface area contributed by atoms with E-state index in [1.165, 1.54) is 5.69 Å². The molecule has 0 saturated carbocycles. The van der Waals surface area contributed by atoms with Gasteiger partial charge in [0, 0.05) is 53.1 Å². The molecule has 0 radical (unpaired) electrons. The first kappa shape index (κ1) is 18.4. The van der Waals surface area contributed by atoms with Crippen molar-refractivity contribution < 1.29 is 4.79 Å². The summed E-state index contributed by atoms with van der Waals surface area (Å²) >= 11 is 7.67. The third kappa shape index (κ3) is 4.00. The quantitative estimate of drug-likeness (QED) is 0.567. The van der Waals surface area contributed by atoms with Crippen LogP contribution < -0.4 is 0 Å². The topological polar surface area (TPSA) is 38.1 Å².